The quantitative estimate of drug-likeness (QED) is 0.102. The number of nitrogen functional groups attached to an aromatic ring is 1. The van der Waals surface area contributed by atoms with Gasteiger partial charge in [0.25, 0.3) is 15.9 Å². The van der Waals surface area contributed by atoms with Crippen LogP contribution in [-0.4, -0.2) is 54.7 Å². The Morgan fingerprint density at radius 2 is 1.67 bits per heavy atom. The van der Waals surface area contributed by atoms with Crippen LogP contribution in [0.2, 0.25) is 10.0 Å². The molecule has 2 amide bonds. The predicted molar refractivity (Wildman–Crippen MR) is 241 cm³/mol. The first-order chi connectivity index (χ1) is 30.7. The van der Waals surface area contributed by atoms with Gasteiger partial charge in [0.05, 0.1) is 40.2 Å². The second-order valence-corrected chi connectivity index (χ2v) is 19.0. The summed E-state index contributed by atoms with van der Waals surface area (Å²) in [4.78, 5) is 45.2. The van der Waals surface area contributed by atoms with Crippen LogP contribution in [-0.2, 0) is 55.1 Å². The normalized spacial score (nSPS) is 16.3. The molecule has 6 aromatic rings. The van der Waals surface area contributed by atoms with Crippen molar-refractivity contribution in [1.82, 2.24) is 14.6 Å². The molecule has 2 aliphatic rings. The number of ether oxygens (including phenoxy) is 3. The molecule has 0 bridgehead atoms. The maximum atomic E-state index is 14.5. The van der Waals surface area contributed by atoms with Crippen LogP contribution >= 0.6 is 34.5 Å². The number of rotatable bonds is 12. The van der Waals surface area contributed by atoms with Crippen molar-refractivity contribution in [2.75, 3.05) is 18.2 Å². The number of carbonyl (C=O) groups is 3. The smallest absolute Gasteiger partial charge is 0.328 e. The van der Waals surface area contributed by atoms with Gasteiger partial charge in [-0.1, -0.05) is 89.1 Å². The number of fused-ring (bicyclic) bond motifs is 2. The van der Waals surface area contributed by atoms with Crippen LogP contribution in [0, 0.1) is 18.3 Å². The number of aryl methyl sites for hydroxylation is 1. The first-order valence-electron chi connectivity index (χ1n) is 19.7. The zero-order chi connectivity index (χ0) is 45.3. The fraction of sp³-hybridized carbons (Fsp3) is 0.196. The molecule has 3 atom stereocenters. The average molecular weight is 938 g/mol. The van der Waals surface area contributed by atoms with Gasteiger partial charge in [0.2, 0.25) is 12.0 Å². The summed E-state index contributed by atoms with van der Waals surface area (Å²) in [5.41, 5.74) is 12.0. The van der Waals surface area contributed by atoms with E-state index < -0.39 is 46.0 Å². The fourth-order valence-electron chi connectivity index (χ4n) is 7.55. The van der Waals surface area contributed by atoms with Gasteiger partial charge < -0.3 is 30.6 Å². The number of nitrogens with one attached hydrogen (secondary N) is 2. The van der Waals surface area contributed by atoms with Crippen molar-refractivity contribution in [1.29, 1.82) is 5.26 Å². The number of methoxy groups -OCH3 is 1. The van der Waals surface area contributed by atoms with Crippen molar-refractivity contribution < 1.29 is 37.0 Å². The van der Waals surface area contributed by atoms with Crippen LogP contribution in [0.4, 0.5) is 10.8 Å². The van der Waals surface area contributed by atoms with Crippen molar-refractivity contribution in [2.24, 2.45) is 0 Å². The van der Waals surface area contributed by atoms with Crippen molar-refractivity contribution >= 4 is 73.2 Å². The first-order valence-corrected chi connectivity index (χ1v) is 22.7. The van der Waals surface area contributed by atoms with Crippen LogP contribution in [0.1, 0.15) is 45.2 Å². The minimum atomic E-state index is -4.40. The summed E-state index contributed by atoms with van der Waals surface area (Å²) in [5.74, 6) is -1.05. The Morgan fingerprint density at radius 3 is 2.31 bits per heavy atom. The van der Waals surface area contributed by atoms with E-state index in [0.29, 0.717) is 55.0 Å². The monoisotopic (exact) mass is 936 g/mol. The number of nitriles is 1. The van der Waals surface area contributed by atoms with Crippen LogP contribution in [0.15, 0.2) is 107 Å². The molecule has 14 nitrogen and oxygen atoms in total. The van der Waals surface area contributed by atoms with E-state index in [4.69, 9.17) is 48.4 Å². The molecule has 3 heterocycles. The first kappa shape index (κ1) is 44.1. The topological polar surface area (TPSA) is 203 Å². The molecular weight excluding hydrogens is 900 g/mol. The number of amides is 2. The predicted octanol–water partition coefficient (Wildman–Crippen LogP) is 7.55. The molecule has 0 radical (unpaired) electrons. The highest BCUT2D eigenvalue weighted by Crippen LogP contribution is 2.41. The molecule has 8 rings (SSSR count). The van der Waals surface area contributed by atoms with E-state index in [1.54, 1.807) is 60.7 Å². The number of halogens is 2. The molecular formula is C46H38Cl2N6O8S2. The standard InChI is InChI=1S/C46H38Cl2N6O8S2/c1-25-45(63-46(50)51-25)64(58,59)54-23-33-21-40-37(52-43(56)41(62-40)31-12-14-34(15-13-31)61-24-28-7-16-35(47)36(48)17-28)19-32(33)20-39(54)42(55)53-38(44(57)60-2)18-26-3-8-29(9-4-26)30-10-5-27(22-49)6-11-30/h3-17,19,21,38-39,41H,18,20,23-24H2,1-2H3,(H2,50,51)(H,52,56)(H,53,55)/t38-,39?,41-/m0/s1. The van der Waals surface area contributed by atoms with Gasteiger partial charge in [-0.25, -0.2) is 18.2 Å². The maximum Gasteiger partial charge on any atom is 0.328 e. The van der Waals surface area contributed by atoms with E-state index in [1.165, 1.54) is 14.0 Å². The van der Waals surface area contributed by atoms with E-state index >= 15 is 0 Å². The number of aromatic nitrogens is 1. The number of carbonyl (C=O) groups excluding carboxylic acids is 3. The lowest BCUT2D eigenvalue weighted by molar-refractivity contribution is -0.145. The Bertz CT molecular complexity index is 2940. The lowest BCUT2D eigenvalue weighted by Gasteiger charge is -2.36. The van der Waals surface area contributed by atoms with Crippen molar-refractivity contribution in [3.8, 4) is 28.7 Å². The molecule has 0 saturated heterocycles. The highest BCUT2D eigenvalue weighted by molar-refractivity contribution is 7.91. The SMILES string of the molecule is COC(=O)[C@H](Cc1ccc(-c2ccc(C#N)cc2)cc1)NC(=O)C1Cc2cc3c(cc2CN1S(=O)(=O)c1sc(N)nc1C)O[C@@H](c1ccc(OCc2ccc(Cl)c(Cl)c2)cc1)C(=O)N3. The number of benzene rings is 5. The number of hydrogen-bond acceptors (Lipinski definition) is 12. The molecule has 64 heavy (non-hydrogen) atoms. The van der Waals surface area contributed by atoms with Gasteiger partial charge in [0, 0.05) is 18.5 Å². The summed E-state index contributed by atoms with van der Waals surface area (Å²) in [6.45, 7) is 1.50. The number of hydrogen-bond donors (Lipinski definition) is 3. The van der Waals surface area contributed by atoms with Crippen molar-refractivity contribution in [2.45, 2.75) is 55.3 Å². The fourth-order valence-corrected chi connectivity index (χ4v) is 10.9. The lowest BCUT2D eigenvalue weighted by atomic mass is 9.93. The van der Waals surface area contributed by atoms with E-state index in [-0.39, 0.29) is 41.0 Å². The molecule has 0 spiro atoms. The summed E-state index contributed by atoms with van der Waals surface area (Å²) < 4.78 is 47.2. The van der Waals surface area contributed by atoms with Gasteiger partial charge in [0.15, 0.2) is 9.34 Å². The van der Waals surface area contributed by atoms with Gasteiger partial charge in [-0.05, 0) is 95.3 Å². The highest BCUT2D eigenvalue weighted by Gasteiger charge is 2.43. The zero-order valence-electron chi connectivity index (χ0n) is 34.1. The third-order valence-corrected chi connectivity index (χ3v) is 15.0. The molecule has 0 fully saturated rings. The highest BCUT2D eigenvalue weighted by atomic mass is 35.5. The van der Waals surface area contributed by atoms with E-state index in [1.807, 2.05) is 42.5 Å². The minimum Gasteiger partial charge on any atom is -0.489 e. The summed E-state index contributed by atoms with van der Waals surface area (Å²) in [6.07, 6.45) is -1.11. The number of nitrogens with two attached hydrogens (primary N) is 1. The number of sulfonamides is 1. The van der Waals surface area contributed by atoms with Crippen molar-refractivity contribution in [3.63, 3.8) is 0 Å². The number of esters is 1. The van der Waals surface area contributed by atoms with Gasteiger partial charge in [-0.2, -0.15) is 9.57 Å². The van der Waals surface area contributed by atoms with E-state index in [0.717, 1.165) is 32.3 Å². The molecule has 326 valence electrons. The molecule has 1 aromatic heterocycles. The van der Waals surface area contributed by atoms with Gasteiger partial charge >= 0.3 is 5.97 Å². The molecule has 0 saturated carbocycles. The van der Waals surface area contributed by atoms with E-state index in [9.17, 15) is 22.8 Å². The molecule has 18 heteroatoms. The second kappa shape index (κ2) is 18.3. The van der Waals surface area contributed by atoms with Gasteiger partial charge in [-0.3, -0.25) is 9.59 Å². The van der Waals surface area contributed by atoms with Crippen LogP contribution in [0.3, 0.4) is 0 Å². The van der Waals surface area contributed by atoms with Crippen LogP contribution in [0.25, 0.3) is 11.1 Å². The van der Waals surface area contributed by atoms with Crippen molar-refractivity contribution in [3.05, 3.63) is 152 Å². The number of nitrogens with zero attached hydrogens (tertiary/aromatic N) is 3. The molecule has 5 aromatic carbocycles. The molecule has 4 N–H and O–H groups in total. The summed E-state index contributed by atoms with van der Waals surface area (Å²) in [5, 5.41) is 15.7. The largest absolute Gasteiger partial charge is 0.489 e. The summed E-state index contributed by atoms with van der Waals surface area (Å²) in [6, 6.07) is 29.5. The maximum absolute atomic E-state index is 14.5. The van der Waals surface area contributed by atoms with Crippen LogP contribution in [0.5, 0.6) is 11.5 Å². The second-order valence-electron chi connectivity index (χ2n) is 15.1. The summed E-state index contributed by atoms with van der Waals surface area (Å²) in [7, 11) is -3.20. The number of thiazole rings is 1. The molecule has 0 aliphatic carbocycles. The number of anilines is 2. The minimum absolute atomic E-state index is 0.0408. The Labute approximate surface area is 382 Å². The third kappa shape index (κ3) is 9.26. The van der Waals surface area contributed by atoms with Crippen LogP contribution < -0.4 is 25.8 Å². The molecule has 2 aliphatic heterocycles. The Morgan fingerprint density at radius 1 is 0.984 bits per heavy atom. The third-order valence-electron chi connectivity index (χ3n) is 10.9. The van der Waals surface area contributed by atoms with Gasteiger partial charge in [0.1, 0.15) is 30.2 Å². The summed E-state index contributed by atoms with van der Waals surface area (Å²) >= 11 is 12.9. The Kier molecular flexibility index (Phi) is 12.6. The van der Waals surface area contributed by atoms with Gasteiger partial charge in [-0.15, -0.1) is 0 Å². The average Bonchev–Trinajstić information content (AvgIpc) is 3.65. The Hall–Kier alpha value is -6.48. The molecule has 1 unspecified atom stereocenters. The Balaban J connectivity index is 1.03. The zero-order valence-corrected chi connectivity index (χ0v) is 37.3. The lowest BCUT2D eigenvalue weighted by Crippen LogP contribution is -2.56. The van der Waals surface area contributed by atoms with E-state index in [2.05, 4.69) is 21.7 Å².